The van der Waals surface area contributed by atoms with Gasteiger partial charge in [0.2, 0.25) is 5.92 Å². The van der Waals surface area contributed by atoms with Gasteiger partial charge in [-0.3, -0.25) is 0 Å². The Morgan fingerprint density at radius 3 is 2.43 bits per heavy atom. The molecule has 0 bridgehead atoms. The number of hydrogen-bond donors (Lipinski definition) is 1. The largest absolute Gasteiger partial charge is 0.323 e. The minimum absolute atomic E-state index is 0.0148. The van der Waals surface area contributed by atoms with Crippen molar-refractivity contribution in [1.82, 2.24) is 0 Å². The summed E-state index contributed by atoms with van der Waals surface area (Å²) in [5.41, 5.74) is 5.22. The molecule has 0 aliphatic heterocycles. The van der Waals surface area contributed by atoms with Gasteiger partial charge in [-0.1, -0.05) is 0 Å². The molecular weight excluding hydrogens is 198 g/mol. The van der Waals surface area contributed by atoms with Gasteiger partial charge in [0.05, 0.1) is 6.04 Å². The van der Waals surface area contributed by atoms with Gasteiger partial charge in [0.25, 0.3) is 5.92 Å². The zero-order valence-electron chi connectivity index (χ0n) is 8.07. The van der Waals surface area contributed by atoms with Gasteiger partial charge in [-0.2, -0.15) is 0 Å². The van der Waals surface area contributed by atoms with E-state index < -0.39 is 17.9 Å². The molecule has 0 aromatic rings. The van der Waals surface area contributed by atoms with Crippen LogP contribution in [0, 0.1) is 5.92 Å². The molecule has 0 heterocycles. The summed E-state index contributed by atoms with van der Waals surface area (Å²) < 4.78 is 50.7. The molecule has 0 aromatic carbocycles. The molecule has 14 heavy (non-hydrogen) atoms. The Labute approximate surface area is 80.7 Å². The topological polar surface area (TPSA) is 26.0 Å². The van der Waals surface area contributed by atoms with Crippen molar-refractivity contribution in [2.75, 3.05) is 0 Å². The first-order chi connectivity index (χ1) is 6.21. The van der Waals surface area contributed by atoms with Crippen molar-refractivity contribution < 1.29 is 17.6 Å². The maximum Gasteiger partial charge on any atom is 0.260 e. The molecule has 84 valence electrons. The molecule has 1 aliphatic carbocycles. The zero-order valence-corrected chi connectivity index (χ0v) is 8.07. The lowest BCUT2D eigenvalue weighted by atomic mass is 9.95. The maximum absolute atomic E-state index is 12.7. The van der Waals surface area contributed by atoms with Crippen molar-refractivity contribution in [1.29, 1.82) is 0 Å². The lowest BCUT2D eigenvalue weighted by Gasteiger charge is -2.22. The Bertz CT molecular complexity index is 199. The minimum Gasteiger partial charge on any atom is -0.323 e. The quantitative estimate of drug-likeness (QED) is 0.717. The van der Waals surface area contributed by atoms with Crippen LogP contribution in [0.25, 0.3) is 0 Å². The molecule has 0 radical (unpaired) electrons. The molecule has 0 spiro atoms. The summed E-state index contributed by atoms with van der Waals surface area (Å²) in [4.78, 5) is 0. The van der Waals surface area contributed by atoms with Crippen LogP contribution in [-0.2, 0) is 0 Å². The average Bonchev–Trinajstić information content (AvgIpc) is 2.28. The second-order valence-electron chi connectivity index (χ2n) is 4.26. The van der Waals surface area contributed by atoms with Crippen molar-refractivity contribution in [3.05, 3.63) is 0 Å². The first kappa shape index (κ1) is 11.8. The van der Waals surface area contributed by atoms with Gasteiger partial charge in [-0.05, 0) is 18.8 Å². The summed E-state index contributed by atoms with van der Waals surface area (Å²) in [5.74, 6) is -6.00. The fraction of sp³-hybridized carbons (Fsp3) is 1.00. The predicted molar refractivity (Wildman–Crippen MR) is 45.5 cm³/mol. The fourth-order valence-electron chi connectivity index (χ4n) is 1.81. The second-order valence-corrected chi connectivity index (χ2v) is 4.26. The summed E-state index contributed by atoms with van der Waals surface area (Å²) in [6.07, 6.45) is -0.202. The van der Waals surface area contributed by atoms with E-state index in [4.69, 9.17) is 5.73 Å². The second kappa shape index (κ2) is 3.68. The van der Waals surface area contributed by atoms with Crippen molar-refractivity contribution in [2.45, 2.75) is 50.5 Å². The molecule has 1 saturated carbocycles. The Kier molecular flexibility index (Phi) is 3.09. The van der Waals surface area contributed by atoms with Gasteiger partial charge in [0.1, 0.15) is 0 Å². The van der Waals surface area contributed by atoms with Crippen molar-refractivity contribution in [2.24, 2.45) is 11.7 Å². The van der Waals surface area contributed by atoms with E-state index in [1.807, 2.05) is 0 Å². The SMILES string of the molecule is CC(F)(F)C(N)CC1CCC(F)(F)C1. The van der Waals surface area contributed by atoms with Gasteiger partial charge >= 0.3 is 0 Å². The summed E-state index contributed by atoms with van der Waals surface area (Å²) in [5, 5.41) is 0. The van der Waals surface area contributed by atoms with Crippen LogP contribution in [0.2, 0.25) is 0 Å². The minimum atomic E-state index is -2.97. The van der Waals surface area contributed by atoms with E-state index in [9.17, 15) is 17.6 Å². The normalized spacial score (nSPS) is 29.1. The fourth-order valence-corrected chi connectivity index (χ4v) is 1.81. The predicted octanol–water partition coefficient (Wildman–Crippen LogP) is 2.79. The van der Waals surface area contributed by atoms with Crippen LogP contribution in [0.3, 0.4) is 0 Å². The highest BCUT2D eigenvalue weighted by molar-refractivity contribution is 4.86. The Morgan fingerprint density at radius 2 is 2.07 bits per heavy atom. The van der Waals surface area contributed by atoms with Crippen LogP contribution in [0.4, 0.5) is 17.6 Å². The third kappa shape index (κ3) is 3.12. The molecule has 1 rings (SSSR count). The smallest absolute Gasteiger partial charge is 0.260 e. The third-order valence-electron chi connectivity index (χ3n) is 2.74. The van der Waals surface area contributed by atoms with Crippen molar-refractivity contribution in [3.8, 4) is 0 Å². The van der Waals surface area contributed by atoms with E-state index in [1.54, 1.807) is 0 Å². The molecule has 1 aliphatic rings. The number of halogens is 4. The number of hydrogen-bond acceptors (Lipinski definition) is 1. The van der Waals surface area contributed by atoms with Gasteiger partial charge in [0.15, 0.2) is 0 Å². The van der Waals surface area contributed by atoms with E-state index in [-0.39, 0.29) is 25.2 Å². The Morgan fingerprint density at radius 1 is 1.50 bits per heavy atom. The highest BCUT2D eigenvalue weighted by Crippen LogP contribution is 2.41. The molecule has 1 nitrogen and oxygen atoms in total. The monoisotopic (exact) mass is 213 g/mol. The highest BCUT2D eigenvalue weighted by Gasteiger charge is 2.42. The molecule has 1 fully saturated rings. The molecule has 2 N–H and O–H groups in total. The summed E-state index contributed by atoms with van der Waals surface area (Å²) >= 11 is 0. The molecule has 0 aromatic heterocycles. The third-order valence-corrected chi connectivity index (χ3v) is 2.74. The van der Waals surface area contributed by atoms with Crippen LogP contribution < -0.4 is 5.73 Å². The Hall–Kier alpha value is -0.320. The van der Waals surface area contributed by atoms with Gasteiger partial charge in [-0.15, -0.1) is 0 Å². The van der Waals surface area contributed by atoms with E-state index >= 15 is 0 Å². The van der Waals surface area contributed by atoms with Gasteiger partial charge in [0, 0.05) is 19.8 Å². The highest BCUT2D eigenvalue weighted by atomic mass is 19.3. The lowest BCUT2D eigenvalue weighted by molar-refractivity contribution is -0.0191. The first-order valence-corrected chi connectivity index (χ1v) is 4.72. The van der Waals surface area contributed by atoms with E-state index in [0.29, 0.717) is 6.42 Å². The molecule has 0 saturated heterocycles. The van der Waals surface area contributed by atoms with Crippen molar-refractivity contribution >= 4 is 0 Å². The molecular formula is C9H15F4N. The molecule has 0 amide bonds. The molecule has 5 heteroatoms. The maximum atomic E-state index is 12.7. The van der Waals surface area contributed by atoms with Crippen molar-refractivity contribution in [3.63, 3.8) is 0 Å². The zero-order chi connectivity index (χ0) is 11.0. The van der Waals surface area contributed by atoms with E-state index in [1.165, 1.54) is 0 Å². The lowest BCUT2D eigenvalue weighted by Crippen LogP contribution is -2.39. The first-order valence-electron chi connectivity index (χ1n) is 4.72. The van der Waals surface area contributed by atoms with Crippen LogP contribution >= 0.6 is 0 Å². The number of rotatable bonds is 3. The molecule has 2 atom stereocenters. The van der Waals surface area contributed by atoms with Crippen LogP contribution in [0.15, 0.2) is 0 Å². The molecule has 2 unspecified atom stereocenters. The number of alkyl halides is 4. The van der Waals surface area contributed by atoms with E-state index in [2.05, 4.69) is 0 Å². The summed E-state index contributed by atoms with van der Waals surface area (Å²) in [6.45, 7) is 0.727. The van der Waals surface area contributed by atoms with Crippen LogP contribution in [0.1, 0.15) is 32.6 Å². The van der Waals surface area contributed by atoms with Crippen LogP contribution in [0.5, 0.6) is 0 Å². The van der Waals surface area contributed by atoms with Gasteiger partial charge in [-0.25, -0.2) is 17.6 Å². The standard InChI is InChI=1S/C9H15F4N/c1-8(10,11)7(14)4-6-2-3-9(12,13)5-6/h6-7H,2-5,14H2,1H3. The summed E-state index contributed by atoms with van der Waals surface area (Å²) in [7, 11) is 0. The summed E-state index contributed by atoms with van der Waals surface area (Å²) in [6, 6.07) is -1.30. The number of nitrogens with two attached hydrogens (primary N) is 1. The average molecular weight is 213 g/mol. The van der Waals surface area contributed by atoms with Gasteiger partial charge < -0.3 is 5.73 Å². The Balaban J connectivity index is 2.40. The van der Waals surface area contributed by atoms with E-state index in [0.717, 1.165) is 6.92 Å². The van der Waals surface area contributed by atoms with Crippen LogP contribution in [-0.4, -0.2) is 17.9 Å².